The highest BCUT2D eigenvalue weighted by molar-refractivity contribution is 6.01. The Bertz CT molecular complexity index is 1050. The number of aliphatic hydroxyl groups is 1. The van der Waals surface area contributed by atoms with Crippen molar-refractivity contribution in [2.24, 2.45) is 28.6 Å². The lowest BCUT2D eigenvalue weighted by Gasteiger charge is -2.62. The number of hydrogen-bond donors (Lipinski definition) is 1. The summed E-state index contributed by atoms with van der Waals surface area (Å²) in [5.41, 5.74) is -5.26. The molecule has 7 nitrogen and oxygen atoms in total. The van der Waals surface area contributed by atoms with E-state index in [1.54, 1.807) is 33.8 Å². The van der Waals surface area contributed by atoms with Crippen molar-refractivity contribution in [1.82, 2.24) is 0 Å². The number of esters is 2. The number of fused-ring (bicyclic) bond motifs is 5. The van der Waals surface area contributed by atoms with Crippen LogP contribution in [0.15, 0.2) is 23.8 Å². The standard InChI is InChI=1S/C28H37FO7/c1-6-23(33)35-15-22(32)28(36-24(34)7-2)16(3)12-20-19-9-8-17-13-18(30)10-11-25(17,4)27(19,29)21(31)14-26(20,28)5/h10-11,13,16,19-21,31H,6-9,12,14-15H2,1-5H3/t16-,19+,20+,21+,25+,26+,27+,28+/m1/s1. The Balaban J connectivity index is 1.80. The van der Waals surface area contributed by atoms with Crippen LogP contribution in [0.4, 0.5) is 4.39 Å². The van der Waals surface area contributed by atoms with Crippen LogP contribution in [-0.2, 0) is 28.7 Å². The Morgan fingerprint density at radius 2 is 1.81 bits per heavy atom. The van der Waals surface area contributed by atoms with Crippen molar-refractivity contribution in [2.75, 3.05) is 6.61 Å². The molecule has 0 saturated heterocycles. The lowest BCUT2D eigenvalue weighted by Crippen LogP contribution is -2.70. The van der Waals surface area contributed by atoms with Crippen molar-refractivity contribution in [3.8, 4) is 0 Å². The van der Waals surface area contributed by atoms with Gasteiger partial charge in [0.1, 0.15) is 0 Å². The van der Waals surface area contributed by atoms with E-state index in [0.29, 0.717) is 24.8 Å². The number of ketones is 2. The SMILES string of the molecule is CCC(=O)OCC(=O)[C@@]1(OC(=O)CC)[C@H](C)C[C@H]2[C@@H]3CCC4=CC(=O)C=C[C@]4(C)[C@@]3(F)[C@@H](O)C[C@@]21C. The van der Waals surface area contributed by atoms with Gasteiger partial charge in [0, 0.05) is 35.5 Å². The monoisotopic (exact) mass is 504 g/mol. The van der Waals surface area contributed by atoms with E-state index in [-0.39, 0.29) is 31.0 Å². The topological polar surface area (TPSA) is 107 Å². The van der Waals surface area contributed by atoms with Gasteiger partial charge in [-0.2, -0.15) is 0 Å². The Labute approximate surface area is 211 Å². The van der Waals surface area contributed by atoms with Gasteiger partial charge < -0.3 is 14.6 Å². The second-order valence-electron chi connectivity index (χ2n) is 11.4. The summed E-state index contributed by atoms with van der Waals surface area (Å²) in [5.74, 6) is -3.31. The predicted octanol–water partition coefficient (Wildman–Crippen LogP) is 3.82. The van der Waals surface area contributed by atoms with Crippen LogP contribution >= 0.6 is 0 Å². The maximum Gasteiger partial charge on any atom is 0.306 e. The minimum Gasteiger partial charge on any atom is -0.457 e. The summed E-state index contributed by atoms with van der Waals surface area (Å²) in [7, 11) is 0. The Morgan fingerprint density at radius 1 is 1.14 bits per heavy atom. The van der Waals surface area contributed by atoms with Crippen molar-refractivity contribution in [1.29, 1.82) is 0 Å². The first-order chi connectivity index (χ1) is 16.8. The number of rotatable bonds is 6. The number of allylic oxidation sites excluding steroid dienone is 4. The number of halogens is 1. The van der Waals surface area contributed by atoms with Crippen molar-refractivity contribution in [2.45, 2.75) is 90.5 Å². The van der Waals surface area contributed by atoms with Crippen molar-refractivity contribution in [3.63, 3.8) is 0 Å². The van der Waals surface area contributed by atoms with Crippen LogP contribution in [0.25, 0.3) is 0 Å². The molecule has 0 aromatic carbocycles. The Kier molecular flexibility index (Phi) is 6.60. The molecular formula is C28H37FO7. The van der Waals surface area contributed by atoms with Crippen LogP contribution in [-0.4, -0.2) is 52.6 Å². The average Bonchev–Trinajstić information content (AvgIpc) is 3.05. The molecule has 8 heteroatoms. The van der Waals surface area contributed by atoms with Gasteiger partial charge in [-0.15, -0.1) is 0 Å². The molecule has 0 heterocycles. The summed E-state index contributed by atoms with van der Waals surface area (Å²) in [6.45, 7) is 8.05. The minimum absolute atomic E-state index is 0.0430. The molecule has 0 aromatic rings. The lowest BCUT2D eigenvalue weighted by molar-refractivity contribution is -0.228. The van der Waals surface area contributed by atoms with Gasteiger partial charge in [-0.05, 0) is 50.7 Å². The average molecular weight is 505 g/mol. The van der Waals surface area contributed by atoms with Crippen molar-refractivity contribution < 1.29 is 38.1 Å². The molecule has 3 saturated carbocycles. The van der Waals surface area contributed by atoms with Crippen LogP contribution in [0.3, 0.4) is 0 Å². The minimum atomic E-state index is -2.05. The molecule has 8 atom stereocenters. The molecule has 0 unspecified atom stereocenters. The Hall–Kier alpha value is -2.35. The smallest absolute Gasteiger partial charge is 0.306 e. The number of carbonyl (C=O) groups excluding carboxylic acids is 4. The fraction of sp³-hybridized carbons (Fsp3) is 0.714. The zero-order valence-electron chi connectivity index (χ0n) is 21.8. The van der Waals surface area contributed by atoms with Crippen LogP contribution in [0.1, 0.15) is 73.1 Å². The zero-order valence-corrected chi connectivity index (χ0v) is 21.8. The first kappa shape index (κ1) is 26.7. The number of alkyl halides is 1. The molecule has 0 radical (unpaired) electrons. The van der Waals surface area contributed by atoms with E-state index in [0.717, 1.165) is 0 Å². The molecule has 4 aliphatic rings. The van der Waals surface area contributed by atoms with E-state index in [1.165, 1.54) is 12.2 Å². The Morgan fingerprint density at radius 3 is 2.44 bits per heavy atom. The molecule has 198 valence electrons. The highest BCUT2D eigenvalue weighted by atomic mass is 19.1. The van der Waals surface area contributed by atoms with Gasteiger partial charge in [0.25, 0.3) is 0 Å². The van der Waals surface area contributed by atoms with Crippen LogP contribution in [0, 0.1) is 28.6 Å². The van der Waals surface area contributed by atoms with Crippen LogP contribution in [0.5, 0.6) is 0 Å². The highest BCUT2D eigenvalue weighted by Gasteiger charge is 2.77. The second-order valence-corrected chi connectivity index (χ2v) is 11.4. The molecule has 36 heavy (non-hydrogen) atoms. The molecule has 4 aliphatic carbocycles. The van der Waals surface area contributed by atoms with Gasteiger partial charge >= 0.3 is 11.9 Å². The summed E-state index contributed by atoms with van der Waals surface area (Å²) < 4.78 is 28.5. The third-order valence-electron chi connectivity index (χ3n) is 9.81. The van der Waals surface area contributed by atoms with E-state index in [1.807, 2.05) is 6.92 Å². The lowest BCUT2D eigenvalue weighted by atomic mass is 9.44. The normalized spacial score (nSPS) is 43.1. The number of hydrogen-bond acceptors (Lipinski definition) is 7. The largest absolute Gasteiger partial charge is 0.457 e. The number of aliphatic hydroxyl groups excluding tert-OH is 1. The molecule has 0 aliphatic heterocycles. The van der Waals surface area contributed by atoms with Crippen LogP contribution < -0.4 is 0 Å². The molecular weight excluding hydrogens is 467 g/mol. The van der Waals surface area contributed by atoms with Gasteiger partial charge in [-0.1, -0.05) is 39.3 Å². The first-order valence-electron chi connectivity index (χ1n) is 13.0. The number of carbonyl (C=O) groups is 4. The first-order valence-corrected chi connectivity index (χ1v) is 13.0. The summed E-state index contributed by atoms with van der Waals surface area (Å²) in [4.78, 5) is 50.3. The third-order valence-corrected chi connectivity index (χ3v) is 9.81. The highest BCUT2D eigenvalue weighted by Crippen LogP contribution is 2.71. The maximum atomic E-state index is 17.4. The predicted molar refractivity (Wildman–Crippen MR) is 128 cm³/mol. The van der Waals surface area contributed by atoms with Crippen molar-refractivity contribution in [3.05, 3.63) is 23.8 Å². The molecule has 0 aromatic heterocycles. The fourth-order valence-electron chi connectivity index (χ4n) is 8.01. The van der Waals surface area contributed by atoms with E-state index < -0.39 is 64.4 Å². The van der Waals surface area contributed by atoms with E-state index >= 15 is 4.39 Å². The summed E-state index contributed by atoms with van der Waals surface area (Å²) in [6, 6.07) is 0. The fourth-order valence-corrected chi connectivity index (χ4v) is 8.01. The van der Waals surface area contributed by atoms with E-state index in [9.17, 15) is 24.3 Å². The molecule has 4 rings (SSSR count). The molecule has 3 fully saturated rings. The summed E-state index contributed by atoms with van der Waals surface area (Å²) in [5, 5.41) is 11.5. The van der Waals surface area contributed by atoms with Gasteiger partial charge in [-0.25, -0.2) is 4.39 Å². The number of Topliss-reactive ketones (excluding diaryl/α,β-unsaturated/α-hetero) is 1. The quantitative estimate of drug-likeness (QED) is 0.548. The van der Waals surface area contributed by atoms with E-state index in [2.05, 4.69) is 0 Å². The molecule has 0 amide bonds. The summed E-state index contributed by atoms with van der Waals surface area (Å²) >= 11 is 0. The third kappa shape index (κ3) is 3.39. The van der Waals surface area contributed by atoms with Gasteiger partial charge in [-0.3, -0.25) is 19.2 Å². The molecule has 0 spiro atoms. The van der Waals surface area contributed by atoms with Gasteiger partial charge in [0.15, 0.2) is 23.7 Å². The van der Waals surface area contributed by atoms with E-state index in [4.69, 9.17) is 9.47 Å². The molecule has 0 bridgehead atoms. The zero-order chi connectivity index (χ0) is 26.7. The number of ether oxygens (including phenoxy) is 2. The van der Waals surface area contributed by atoms with Gasteiger partial charge in [0.05, 0.1) is 6.10 Å². The van der Waals surface area contributed by atoms with Crippen LogP contribution in [0.2, 0.25) is 0 Å². The summed E-state index contributed by atoms with van der Waals surface area (Å²) in [6.07, 6.45) is 4.32. The van der Waals surface area contributed by atoms with Crippen molar-refractivity contribution >= 4 is 23.5 Å². The van der Waals surface area contributed by atoms with Gasteiger partial charge in [0.2, 0.25) is 5.78 Å². The second kappa shape index (κ2) is 8.89. The molecule has 1 N–H and O–H groups in total. The maximum absolute atomic E-state index is 17.4.